The van der Waals surface area contributed by atoms with Crippen molar-refractivity contribution in [2.75, 3.05) is 25.1 Å². The van der Waals surface area contributed by atoms with Gasteiger partial charge >= 0.3 is 5.69 Å². The van der Waals surface area contributed by atoms with E-state index in [9.17, 15) is 14.0 Å². The molecule has 160 valence electrons. The van der Waals surface area contributed by atoms with Crippen LogP contribution in [0.3, 0.4) is 0 Å². The summed E-state index contributed by atoms with van der Waals surface area (Å²) in [5.41, 5.74) is -0.535. The van der Waals surface area contributed by atoms with Crippen LogP contribution in [0.25, 0.3) is 0 Å². The second-order valence-corrected chi connectivity index (χ2v) is 7.63. The number of carbonyl (C=O) groups excluding carboxylic acids is 1. The average Bonchev–Trinajstić information content (AvgIpc) is 3.20. The van der Waals surface area contributed by atoms with E-state index in [1.165, 1.54) is 4.57 Å². The normalized spacial score (nSPS) is 28.0. The minimum absolute atomic E-state index is 0.0344. The van der Waals surface area contributed by atoms with Crippen LogP contribution >= 0.6 is 0 Å². The Bertz CT molecular complexity index is 969. The molecule has 1 amide bonds. The first-order valence-electron chi connectivity index (χ1n) is 10.1. The summed E-state index contributed by atoms with van der Waals surface area (Å²) >= 11 is 0. The largest absolute Gasteiger partial charge is 0.351 e. The maximum Gasteiger partial charge on any atom is 0.351 e. The molecule has 2 fully saturated rings. The van der Waals surface area contributed by atoms with Crippen molar-refractivity contribution in [1.82, 2.24) is 14.6 Å². The zero-order valence-corrected chi connectivity index (χ0v) is 17.0. The lowest BCUT2D eigenvalue weighted by molar-refractivity contribution is -0.250. The highest BCUT2D eigenvalue weighted by molar-refractivity contribution is 6.03. The molecule has 1 aromatic heterocycles. The van der Waals surface area contributed by atoms with Crippen molar-refractivity contribution in [1.29, 1.82) is 0 Å². The number of aromatic nitrogens is 2. The molecule has 0 unspecified atom stereocenters. The molecule has 1 aromatic carbocycles. The highest BCUT2D eigenvalue weighted by Gasteiger charge is 2.62. The number of hydrogen-bond acceptors (Lipinski definition) is 6. The van der Waals surface area contributed by atoms with Crippen molar-refractivity contribution in [2.45, 2.75) is 38.1 Å². The summed E-state index contributed by atoms with van der Waals surface area (Å²) in [5, 5.41) is 4.37. The van der Waals surface area contributed by atoms with Crippen molar-refractivity contribution in [3.63, 3.8) is 0 Å². The van der Waals surface area contributed by atoms with Crippen LogP contribution in [0, 0.1) is 5.92 Å². The smallest absolute Gasteiger partial charge is 0.348 e. The molecule has 4 atom stereocenters. The molecule has 2 aromatic rings. The lowest BCUT2D eigenvalue weighted by Gasteiger charge is -2.36. The molecule has 0 saturated carbocycles. The molecule has 2 aliphatic heterocycles. The molecule has 2 aliphatic rings. The Labute approximate surface area is 173 Å². The summed E-state index contributed by atoms with van der Waals surface area (Å²) in [6.07, 6.45) is 1.70. The molecule has 0 aliphatic carbocycles. The average molecular weight is 416 g/mol. The van der Waals surface area contributed by atoms with Gasteiger partial charge in [0, 0.05) is 17.7 Å². The van der Waals surface area contributed by atoms with Gasteiger partial charge in [-0.05, 0) is 24.6 Å². The fourth-order valence-electron chi connectivity index (χ4n) is 4.39. The van der Waals surface area contributed by atoms with Gasteiger partial charge in [-0.1, -0.05) is 32.0 Å². The van der Waals surface area contributed by atoms with Crippen LogP contribution < -0.4 is 11.0 Å². The number of nitrogens with zero attached hydrogens (tertiary/aromatic N) is 3. The maximum atomic E-state index is 12.7. The van der Waals surface area contributed by atoms with Crippen LogP contribution in [0.1, 0.15) is 36.9 Å². The SMILES string of the molecule is CC[C@@]12CN(OCCF)[C@@H]([C@H](n3ccc(NC(=O)c4ccccc4)nc3=O)O1)[C@@H]2C. The maximum absolute atomic E-state index is 12.7. The number of hydroxylamine groups is 2. The predicted octanol–water partition coefficient (Wildman–Crippen LogP) is 2.39. The van der Waals surface area contributed by atoms with E-state index in [2.05, 4.69) is 17.2 Å². The standard InChI is InChI=1S/C21H25FN4O4/c1-3-21-13-26(29-12-10-22)17(14(21)2)19(30-21)25-11-9-16(24-20(25)28)23-18(27)15-7-5-4-6-8-15/h4-9,11,14,17,19H,3,10,12-13H2,1-2H3,(H,23,24,27,28)/t14-,17+,19+,21-/m0/s1. The third-order valence-corrected chi connectivity index (χ3v) is 6.06. The number of amides is 1. The Hall–Kier alpha value is -2.62. The highest BCUT2D eigenvalue weighted by atomic mass is 19.1. The molecule has 3 heterocycles. The molecule has 2 saturated heterocycles. The van der Waals surface area contributed by atoms with Gasteiger partial charge in [0.05, 0.1) is 24.8 Å². The summed E-state index contributed by atoms with van der Waals surface area (Å²) in [6.45, 7) is 3.99. The van der Waals surface area contributed by atoms with Crippen molar-refractivity contribution >= 4 is 11.7 Å². The summed E-state index contributed by atoms with van der Waals surface area (Å²) in [6, 6.07) is 10.0. The van der Waals surface area contributed by atoms with Gasteiger partial charge in [-0.3, -0.25) is 14.2 Å². The molecule has 0 spiro atoms. The summed E-state index contributed by atoms with van der Waals surface area (Å²) < 4.78 is 20.3. The summed E-state index contributed by atoms with van der Waals surface area (Å²) in [4.78, 5) is 34.6. The number of alkyl halides is 1. The topological polar surface area (TPSA) is 85.7 Å². The van der Waals surface area contributed by atoms with Gasteiger partial charge in [0.25, 0.3) is 5.91 Å². The Morgan fingerprint density at radius 2 is 2.13 bits per heavy atom. The molecular formula is C21H25FN4O4. The van der Waals surface area contributed by atoms with Crippen molar-refractivity contribution < 1.29 is 18.8 Å². The summed E-state index contributed by atoms with van der Waals surface area (Å²) in [7, 11) is 0. The van der Waals surface area contributed by atoms with Crippen LogP contribution in [-0.4, -0.2) is 52.0 Å². The van der Waals surface area contributed by atoms with Crippen LogP contribution in [0.15, 0.2) is 47.4 Å². The number of fused-ring (bicyclic) bond motifs is 2. The number of hydrogen-bond donors (Lipinski definition) is 1. The molecule has 9 heteroatoms. The summed E-state index contributed by atoms with van der Waals surface area (Å²) in [5.74, 6) is -0.0886. The first-order chi connectivity index (χ1) is 14.5. The lowest BCUT2D eigenvalue weighted by atomic mass is 9.88. The quantitative estimate of drug-likeness (QED) is 0.746. The molecule has 4 rings (SSSR count). The third-order valence-electron chi connectivity index (χ3n) is 6.06. The van der Waals surface area contributed by atoms with E-state index in [1.807, 2.05) is 13.0 Å². The molecule has 1 N–H and O–H groups in total. The van der Waals surface area contributed by atoms with Gasteiger partial charge in [0.15, 0.2) is 6.23 Å². The molecule has 2 bridgehead atoms. The van der Waals surface area contributed by atoms with Crippen LogP contribution in [-0.2, 0) is 9.57 Å². The Balaban J connectivity index is 1.56. The molecule has 30 heavy (non-hydrogen) atoms. The molecule has 8 nitrogen and oxygen atoms in total. The van der Waals surface area contributed by atoms with Crippen molar-refractivity contribution in [2.24, 2.45) is 5.92 Å². The zero-order valence-electron chi connectivity index (χ0n) is 17.0. The van der Waals surface area contributed by atoms with Gasteiger partial charge in [0.1, 0.15) is 12.5 Å². The van der Waals surface area contributed by atoms with Gasteiger partial charge in [0.2, 0.25) is 0 Å². The first-order valence-corrected chi connectivity index (χ1v) is 10.1. The number of carbonyl (C=O) groups is 1. The third kappa shape index (κ3) is 3.53. The van der Waals surface area contributed by atoms with Gasteiger partial charge in [-0.15, -0.1) is 0 Å². The number of rotatable bonds is 7. The lowest BCUT2D eigenvalue weighted by Crippen LogP contribution is -2.47. The number of morpholine rings is 1. The van der Waals surface area contributed by atoms with Crippen LogP contribution in [0.5, 0.6) is 0 Å². The first kappa shape index (κ1) is 20.6. The van der Waals surface area contributed by atoms with Crippen molar-refractivity contribution in [3.8, 4) is 0 Å². The second kappa shape index (κ2) is 8.25. The Kier molecular flexibility index (Phi) is 5.68. The fourth-order valence-corrected chi connectivity index (χ4v) is 4.39. The van der Waals surface area contributed by atoms with E-state index in [-0.39, 0.29) is 30.3 Å². The number of halogens is 1. The van der Waals surface area contributed by atoms with E-state index in [0.29, 0.717) is 12.1 Å². The zero-order chi connectivity index (χ0) is 21.3. The van der Waals surface area contributed by atoms with E-state index in [0.717, 1.165) is 6.42 Å². The van der Waals surface area contributed by atoms with Crippen molar-refractivity contribution in [3.05, 3.63) is 58.6 Å². The number of ether oxygens (including phenoxy) is 1. The number of nitrogens with one attached hydrogen (secondary N) is 1. The minimum atomic E-state index is -0.604. The van der Waals surface area contributed by atoms with E-state index in [1.54, 1.807) is 41.6 Å². The number of benzene rings is 1. The molecule has 0 radical (unpaired) electrons. The second-order valence-electron chi connectivity index (χ2n) is 7.63. The minimum Gasteiger partial charge on any atom is -0.348 e. The van der Waals surface area contributed by atoms with E-state index < -0.39 is 24.2 Å². The fraction of sp³-hybridized carbons (Fsp3) is 0.476. The van der Waals surface area contributed by atoms with Crippen LogP contribution in [0.2, 0.25) is 0 Å². The number of anilines is 1. The van der Waals surface area contributed by atoms with E-state index in [4.69, 9.17) is 9.57 Å². The van der Waals surface area contributed by atoms with Gasteiger partial charge in [-0.25, -0.2) is 9.18 Å². The van der Waals surface area contributed by atoms with Gasteiger partial charge < -0.3 is 10.1 Å². The Morgan fingerprint density at radius 1 is 1.37 bits per heavy atom. The molecular weight excluding hydrogens is 391 g/mol. The van der Waals surface area contributed by atoms with Gasteiger partial charge in [-0.2, -0.15) is 10.0 Å². The van der Waals surface area contributed by atoms with Crippen LogP contribution in [0.4, 0.5) is 10.2 Å². The predicted molar refractivity (Wildman–Crippen MR) is 108 cm³/mol. The Morgan fingerprint density at radius 3 is 2.77 bits per heavy atom. The van der Waals surface area contributed by atoms with E-state index >= 15 is 0 Å². The highest BCUT2D eigenvalue weighted by Crippen LogP contribution is 2.51. The monoisotopic (exact) mass is 416 g/mol.